The molecule has 1 heterocycles. The fourth-order valence-electron chi connectivity index (χ4n) is 5.96. The summed E-state index contributed by atoms with van der Waals surface area (Å²) in [5.74, 6) is 3.50. The molecule has 2 unspecified atom stereocenters. The van der Waals surface area contributed by atoms with Crippen LogP contribution in [0.25, 0.3) is 0 Å². The van der Waals surface area contributed by atoms with Gasteiger partial charge in [0.05, 0.1) is 13.7 Å². The third-order valence-electron chi connectivity index (χ3n) is 7.25. The minimum atomic E-state index is -0.455. The van der Waals surface area contributed by atoms with Gasteiger partial charge in [0.25, 0.3) is 0 Å². The molecule has 0 N–H and O–H groups in total. The molecular formula is C21H28O4. The third-order valence-corrected chi connectivity index (χ3v) is 7.25. The Morgan fingerprint density at radius 2 is 1.64 bits per heavy atom. The lowest BCUT2D eigenvalue weighted by Crippen LogP contribution is -2.63. The average Bonchev–Trinajstić information content (AvgIpc) is 2.65. The van der Waals surface area contributed by atoms with E-state index in [1.165, 1.54) is 37.7 Å². The van der Waals surface area contributed by atoms with Gasteiger partial charge in [-0.2, -0.15) is 0 Å². The zero-order chi connectivity index (χ0) is 17.0. The number of benzene rings is 1. The minimum Gasteiger partial charge on any atom is -0.497 e. The lowest BCUT2D eigenvalue weighted by molar-refractivity contribution is -0.526. The molecule has 2 atom stereocenters. The smallest absolute Gasteiger partial charge is 0.207 e. The average molecular weight is 344 g/mol. The summed E-state index contributed by atoms with van der Waals surface area (Å²) in [4.78, 5) is 12.1. The molecule has 136 valence electrons. The highest BCUT2D eigenvalue weighted by molar-refractivity contribution is 5.29. The Morgan fingerprint density at radius 1 is 1.00 bits per heavy atom. The Hall–Kier alpha value is -1.10. The van der Waals surface area contributed by atoms with E-state index in [0.29, 0.717) is 18.4 Å². The predicted molar refractivity (Wildman–Crippen MR) is 93.1 cm³/mol. The molecule has 5 fully saturated rings. The van der Waals surface area contributed by atoms with Crippen LogP contribution in [0.2, 0.25) is 0 Å². The van der Waals surface area contributed by atoms with E-state index in [2.05, 4.69) is 19.1 Å². The van der Waals surface area contributed by atoms with Gasteiger partial charge in [0.15, 0.2) is 0 Å². The molecule has 0 radical (unpaired) electrons. The molecular weight excluding hydrogens is 316 g/mol. The van der Waals surface area contributed by atoms with Gasteiger partial charge in [-0.1, -0.05) is 19.1 Å². The Balaban J connectivity index is 1.28. The lowest BCUT2D eigenvalue weighted by atomic mass is 9.53. The van der Waals surface area contributed by atoms with Crippen LogP contribution in [0.15, 0.2) is 24.3 Å². The van der Waals surface area contributed by atoms with Gasteiger partial charge < -0.3 is 9.47 Å². The molecule has 0 amide bonds. The van der Waals surface area contributed by atoms with Gasteiger partial charge in [-0.25, -0.2) is 9.78 Å². The molecule has 5 aliphatic rings. The first-order chi connectivity index (χ1) is 12.2. The van der Waals surface area contributed by atoms with Gasteiger partial charge in [-0.3, -0.25) is 0 Å². The van der Waals surface area contributed by atoms with Crippen LogP contribution < -0.4 is 4.74 Å². The zero-order valence-electron chi connectivity index (χ0n) is 15.1. The summed E-state index contributed by atoms with van der Waals surface area (Å²) >= 11 is 0. The van der Waals surface area contributed by atoms with Crippen molar-refractivity contribution in [3.05, 3.63) is 29.8 Å². The minimum absolute atomic E-state index is 0.0591. The standard InChI is InChI=1S/C21H28O4/c1-13(16-3-5-19(22-2)6-4-16)20-12-23-21(25-24-20)17-8-14-7-15(10-17)11-18(21)9-14/h3-6,13-15,17-18,20H,7-12H2,1-2H3. The topological polar surface area (TPSA) is 36.9 Å². The van der Waals surface area contributed by atoms with E-state index in [-0.39, 0.29) is 12.0 Å². The lowest BCUT2D eigenvalue weighted by Gasteiger charge is -2.60. The van der Waals surface area contributed by atoms with Crippen LogP contribution in [0.4, 0.5) is 0 Å². The van der Waals surface area contributed by atoms with Crippen molar-refractivity contribution in [2.75, 3.05) is 13.7 Å². The van der Waals surface area contributed by atoms with Crippen molar-refractivity contribution in [3.63, 3.8) is 0 Å². The third kappa shape index (κ3) is 2.53. The van der Waals surface area contributed by atoms with Crippen LogP contribution in [0.5, 0.6) is 5.75 Å². The molecule has 1 aromatic rings. The molecule has 1 saturated heterocycles. The summed E-state index contributed by atoms with van der Waals surface area (Å²) in [7, 11) is 1.69. The summed E-state index contributed by atoms with van der Waals surface area (Å²) in [6.45, 7) is 2.80. The summed E-state index contributed by atoms with van der Waals surface area (Å²) in [6.07, 6.45) is 6.41. The highest BCUT2D eigenvalue weighted by Gasteiger charge is 2.61. The number of hydrogen-bond acceptors (Lipinski definition) is 4. The van der Waals surface area contributed by atoms with Crippen molar-refractivity contribution in [2.45, 2.75) is 56.8 Å². The first-order valence-electron chi connectivity index (χ1n) is 9.80. The molecule has 1 aromatic carbocycles. The fourth-order valence-corrected chi connectivity index (χ4v) is 5.96. The van der Waals surface area contributed by atoms with Crippen molar-refractivity contribution < 1.29 is 19.2 Å². The second-order valence-electron chi connectivity index (χ2n) is 8.62. The van der Waals surface area contributed by atoms with Crippen LogP contribution in [-0.4, -0.2) is 25.6 Å². The summed E-state index contributed by atoms with van der Waals surface area (Å²) < 4.78 is 11.7. The largest absolute Gasteiger partial charge is 0.497 e. The quantitative estimate of drug-likeness (QED) is 0.766. The maximum absolute atomic E-state index is 6.47. The van der Waals surface area contributed by atoms with E-state index in [9.17, 15) is 0 Å². The van der Waals surface area contributed by atoms with Crippen molar-refractivity contribution in [1.82, 2.24) is 0 Å². The molecule has 4 nitrogen and oxygen atoms in total. The second-order valence-corrected chi connectivity index (χ2v) is 8.62. The molecule has 1 aliphatic heterocycles. The maximum Gasteiger partial charge on any atom is 0.207 e. The fraction of sp³-hybridized carbons (Fsp3) is 0.714. The van der Waals surface area contributed by atoms with E-state index < -0.39 is 5.79 Å². The second kappa shape index (κ2) is 5.97. The Labute approximate surface area is 149 Å². The van der Waals surface area contributed by atoms with E-state index >= 15 is 0 Å². The van der Waals surface area contributed by atoms with Crippen LogP contribution in [0.1, 0.15) is 50.5 Å². The van der Waals surface area contributed by atoms with Crippen molar-refractivity contribution >= 4 is 0 Å². The Bertz CT molecular complexity index is 587. The normalized spacial score (nSPS) is 43.4. The van der Waals surface area contributed by atoms with Gasteiger partial charge in [0, 0.05) is 17.8 Å². The highest BCUT2D eigenvalue weighted by Crippen LogP contribution is 2.60. The van der Waals surface area contributed by atoms with E-state index in [1.54, 1.807) is 7.11 Å². The van der Waals surface area contributed by atoms with Crippen molar-refractivity contribution in [2.24, 2.45) is 23.7 Å². The molecule has 4 bridgehead atoms. The van der Waals surface area contributed by atoms with Gasteiger partial charge in [0.1, 0.15) is 11.9 Å². The monoisotopic (exact) mass is 344 g/mol. The van der Waals surface area contributed by atoms with Crippen molar-refractivity contribution in [3.8, 4) is 5.75 Å². The van der Waals surface area contributed by atoms with Gasteiger partial charge in [-0.05, 0) is 61.6 Å². The molecule has 4 saturated carbocycles. The SMILES string of the molecule is COc1ccc(C(C)C2COC3(OO2)C2CC4CC(C2)CC3C4)cc1. The molecule has 4 aliphatic carbocycles. The molecule has 4 heteroatoms. The summed E-state index contributed by atoms with van der Waals surface area (Å²) in [6, 6.07) is 8.19. The highest BCUT2D eigenvalue weighted by atomic mass is 17.2. The number of rotatable bonds is 3. The number of hydrogen-bond donors (Lipinski definition) is 0. The van der Waals surface area contributed by atoms with Crippen molar-refractivity contribution in [1.29, 1.82) is 0 Å². The zero-order valence-corrected chi connectivity index (χ0v) is 15.1. The number of ether oxygens (including phenoxy) is 2. The first kappa shape index (κ1) is 16.1. The number of methoxy groups -OCH3 is 1. The molecule has 25 heavy (non-hydrogen) atoms. The molecule has 6 rings (SSSR count). The Morgan fingerprint density at radius 3 is 2.16 bits per heavy atom. The van der Waals surface area contributed by atoms with Crippen LogP contribution in [-0.2, 0) is 14.5 Å². The van der Waals surface area contributed by atoms with E-state index in [0.717, 1.165) is 17.6 Å². The van der Waals surface area contributed by atoms with Gasteiger partial charge >= 0.3 is 0 Å². The maximum atomic E-state index is 6.47. The first-order valence-corrected chi connectivity index (χ1v) is 9.80. The molecule has 0 aromatic heterocycles. The summed E-state index contributed by atoms with van der Waals surface area (Å²) in [5.41, 5.74) is 1.22. The van der Waals surface area contributed by atoms with Crippen LogP contribution >= 0.6 is 0 Å². The Kier molecular flexibility index (Phi) is 3.84. The van der Waals surface area contributed by atoms with E-state index in [4.69, 9.17) is 19.2 Å². The van der Waals surface area contributed by atoms with Crippen LogP contribution in [0.3, 0.4) is 0 Å². The summed E-state index contributed by atoms with van der Waals surface area (Å²) in [5, 5.41) is 0. The predicted octanol–water partition coefficient (Wildman–Crippen LogP) is 4.30. The van der Waals surface area contributed by atoms with Gasteiger partial charge in [0.2, 0.25) is 5.79 Å². The van der Waals surface area contributed by atoms with Crippen LogP contribution in [0, 0.1) is 23.7 Å². The van der Waals surface area contributed by atoms with E-state index in [1.807, 2.05) is 12.1 Å². The van der Waals surface area contributed by atoms with Gasteiger partial charge in [-0.15, -0.1) is 0 Å². The molecule has 1 spiro atoms.